The van der Waals surface area contributed by atoms with Gasteiger partial charge in [0.1, 0.15) is 0 Å². The topological polar surface area (TPSA) is 88.5 Å². The van der Waals surface area contributed by atoms with Crippen molar-refractivity contribution in [3.05, 3.63) is 29.8 Å². The molecule has 0 saturated heterocycles. The second kappa shape index (κ2) is 6.65. The summed E-state index contributed by atoms with van der Waals surface area (Å²) in [7, 11) is 1.35. The van der Waals surface area contributed by atoms with Gasteiger partial charge in [0.25, 0.3) is 5.91 Å². The summed E-state index contributed by atoms with van der Waals surface area (Å²) in [4.78, 5) is 25.4. The normalized spacial score (nSPS) is 11.9. The average Bonchev–Trinajstić information content (AvgIpc) is 2.33. The molecule has 98 valence electrons. The Morgan fingerprint density at radius 1 is 1.61 bits per heavy atom. The van der Waals surface area contributed by atoms with Crippen molar-refractivity contribution >= 4 is 11.9 Å². The molecule has 1 heterocycles. The van der Waals surface area contributed by atoms with Crippen LogP contribution in [0.2, 0.25) is 0 Å². The zero-order valence-electron chi connectivity index (χ0n) is 9.72. The van der Waals surface area contributed by atoms with Gasteiger partial charge in [-0.05, 0) is 6.07 Å². The Morgan fingerprint density at radius 3 is 2.89 bits per heavy atom. The first-order valence-corrected chi connectivity index (χ1v) is 5.17. The SMILES string of the molecule is COC(CNC(=O)c1ccnc(F)c1)CC(=O)O. The smallest absolute Gasteiger partial charge is 0.306 e. The highest BCUT2D eigenvalue weighted by molar-refractivity contribution is 5.94. The molecular formula is C11H13FN2O4. The molecule has 0 bridgehead atoms. The van der Waals surface area contributed by atoms with Crippen LogP contribution < -0.4 is 5.32 Å². The Hall–Kier alpha value is -2.02. The number of ether oxygens (including phenoxy) is 1. The van der Waals surface area contributed by atoms with E-state index in [1.165, 1.54) is 19.4 Å². The minimum Gasteiger partial charge on any atom is -0.481 e. The van der Waals surface area contributed by atoms with Crippen LogP contribution in [0.25, 0.3) is 0 Å². The molecule has 18 heavy (non-hydrogen) atoms. The maximum atomic E-state index is 12.8. The van der Waals surface area contributed by atoms with Crippen molar-refractivity contribution in [2.75, 3.05) is 13.7 Å². The van der Waals surface area contributed by atoms with Crippen molar-refractivity contribution in [1.82, 2.24) is 10.3 Å². The molecule has 1 unspecified atom stereocenters. The maximum absolute atomic E-state index is 12.8. The number of nitrogens with one attached hydrogen (secondary N) is 1. The van der Waals surface area contributed by atoms with E-state index in [0.717, 1.165) is 6.07 Å². The highest BCUT2D eigenvalue weighted by Gasteiger charge is 2.14. The predicted octanol–water partition coefficient (Wildman–Crippen LogP) is 0.440. The number of aliphatic carboxylic acids is 1. The number of hydrogen-bond acceptors (Lipinski definition) is 4. The van der Waals surface area contributed by atoms with Gasteiger partial charge < -0.3 is 15.2 Å². The molecule has 6 nitrogen and oxygen atoms in total. The van der Waals surface area contributed by atoms with Crippen molar-refractivity contribution in [2.24, 2.45) is 0 Å². The van der Waals surface area contributed by atoms with Crippen molar-refractivity contribution in [2.45, 2.75) is 12.5 Å². The fraction of sp³-hybridized carbons (Fsp3) is 0.364. The molecule has 0 saturated carbocycles. The lowest BCUT2D eigenvalue weighted by atomic mass is 10.2. The van der Waals surface area contributed by atoms with E-state index in [2.05, 4.69) is 10.3 Å². The third-order valence-electron chi connectivity index (χ3n) is 2.21. The quantitative estimate of drug-likeness (QED) is 0.721. The molecule has 0 aliphatic carbocycles. The molecule has 0 radical (unpaired) electrons. The van der Waals surface area contributed by atoms with Crippen LogP contribution in [0.15, 0.2) is 18.3 Å². The molecule has 0 aliphatic heterocycles. The minimum absolute atomic E-state index is 0.0333. The van der Waals surface area contributed by atoms with Crippen molar-refractivity contribution in [3.63, 3.8) is 0 Å². The van der Waals surface area contributed by atoms with E-state index in [9.17, 15) is 14.0 Å². The van der Waals surface area contributed by atoms with Gasteiger partial charge in [0.15, 0.2) is 0 Å². The highest BCUT2D eigenvalue weighted by Crippen LogP contribution is 2.01. The fourth-order valence-corrected chi connectivity index (χ4v) is 1.29. The molecule has 0 aromatic carbocycles. The number of halogens is 1. The Kier molecular flexibility index (Phi) is 5.19. The van der Waals surface area contributed by atoms with E-state index in [1.54, 1.807) is 0 Å². The van der Waals surface area contributed by atoms with Gasteiger partial charge in [0, 0.05) is 31.5 Å². The van der Waals surface area contributed by atoms with Gasteiger partial charge in [-0.25, -0.2) is 4.98 Å². The Morgan fingerprint density at radius 2 is 2.33 bits per heavy atom. The van der Waals surface area contributed by atoms with E-state index < -0.39 is 23.9 Å². The van der Waals surface area contributed by atoms with Crippen LogP contribution in [0.4, 0.5) is 4.39 Å². The first-order chi connectivity index (χ1) is 8.52. The van der Waals surface area contributed by atoms with Gasteiger partial charge in [-0.1, -0.05) is 0 Å². The lowest BCUT2D eigenvalue weighted by molar-refractivity contribution is -0.139. The van der Waals surface area contributed by atoms with Gasteiger partial charge >= 0.3 is 5.97 Å². The number of carbonyl (C=O) groups is 2. The number of pyridine rings is 1. The fourth-order valence-electron chi connectivity index (χ4n) is 1.29. The summed E-state index contributed by atoms with van der Waals surface area (Å²) in [5.74, 6) is -2.29. The van der Waals surface area contributed by atoms with Crippen LogP contribution in [-0.4, -0.2) is 41.7 Å². The van der Waals surface area contributed by atoms with Crippen LogP contribution in [0.5, 0.6) is 0 Å². The Labute approximate surface area is 103 Å². The Bertz CT molecular complexity index is 439. The van der Waals surface area contributed by atoms with Crippen molar-refractivity contribution in [3.8, 4) is 0 Å². The molecular weight excluding hydrogens is 243 g/mol. The van der Waals surface area contributed by atoms with Crippen molar-refractivity contribution < 1.29 is 23.8 Å². The summed E-state index contributed by atoms with van der Waals surface area (Å²) >= 11 is 0. The Balaban J connectivity index is 2.52. The van der Waals surface area contributed by atoms with Crippen LogP contribution in [0.1, 0.15) is 16.8 Å². The third-order valence-corrected chi connectivity index (χ3v) is 2.21. The van der Waals surface area contributed by atoms with E-state index in [1.807, 2.05) is 0 Å². The van der Waals surface area contributed by atoms with Gasteiger partial charge in [0.05, 0.1) is 12.5 Å². The summed E-state index contributed by atoms with van der Waals surface area (Å²) in [5, 5.41) is 11.0. The maximum Gasteiger partial charge on any atom is 0.306 e. The van der Waals surface area contributed by atoms with E-state index in [-0.39, 0.29) is 18.5 Å². The van der Waals surface area contributed by atoms with Gasteiger partial charge in [-0.15, -0.1) is 0 Å². The molecule has 0 aliphatic rings. The molecule has 1 aromatic heterocycles. The molecule has 1 aromatic rings. The second-order valence-electron chi connectivity index (χ2n) is 3.53. The molecule has 7 heteroatoms. The summed E-state index contributed by atoms with van der Waals surface area (Å²) in [6, 6.07) is 2.35. The second-order valence-corrected chi connectivity index (χ2v) is 3.53. The molecule has 0 spiro atoms. The summed E-state index contributed by atoms with van der Waals surface area (Å²) in [6.07, 6.45) is 0.328. The van der Waals surface area contributed by atoms with E-state index in [0.29, 0.717) is 0 Å². The number of aromatic nitrogens is 1. The summed E-state index contributed by atoms with van der Waals surface area (Å²) in [5.41, 5.74) is 0.118. The molecule has 1 rings (SSSR count). The monoisotopic (exact) mass is 256 g/mol. The van der Waals surface area contributed by atoms with Crippen LogP contribution in [0.3, 0.4) is 0 Å². The zero-order chi connectivity index (χ0) is 13.5. The number of rotatable bonds is 6. The minimum atomic E-state index is -1.02. The molecule has 1 amide bonds. The van der Waals surface area contributed by atoms with Gasteiger partial charge in [-0.2, -0.15) is 4.39 Å². The average molecular weight is 256 g/mol. The number of hydrogen-bond donors (Lipinski definition) is 2. The van der Waals surface area contributed by atoms with Crippen molar-refractivity contribution in [1.29, 1.82) is 0 Å². The first kappa shape index (κ1) is 14.0. The number of nitrogens with zero attached hydrogens (tertiary/aromatic N) is 1. The number of carboxylic acids is 1. The third kappa shape index (κ3) is 4.46. The molecule has 2 N–H and O–H groups in total. The number of methoxy groups -OCH3 is 1. The zero-order valence-corrected chi connectivity index (χ0v) is 9.72. The van der Waals surface area contributed by atoms with Gasteiger partial charge in [0.2, 0.25) is 5.95 Å². The molecule has 1 atom stereocenters. The lowest BCUT2D eigenvalue weighted by Crippen LogP contribution is -2.34. The number of amides is 1. The summed E-state index contributed by atoms with van der Waals surface area (Å²) in [6.45, 7) is 0.0333. The van der Waals surface area contributed by atoms with E-state index in [4.69, 9.17) is 9.84 Å². The van der Waals surface area contributed by atoms with Crippen LogP contribution >= 0.6 is 0 Å². The summed E-state index contributed by atoms with van der Waals surface area (Å²) < 4.78 is 17.7. The van der Waals surface area contributed by atoms with Crippen LogP contribution in [-0.2, 0) is 9.53 Å². The first-order valence-electron chi connectivity index (χ1n) is 5.17. The lowest BCUT2D eigenvalue weighted by Gasteiger charge is -2.13. The molecule has 0 fully saturated rings. The van der Waals surface area contributed by atoms with E-state index >= 15 is 0 Å². The standard InChI is InChI=1S/C11H13FN2O4/c1-18-8(5-10(15)16)6-14-11(17)7-2-3-13-9(12)4-7/h2-4,8H,5-6H2,1H3,(H,14,17)(H,15,16). The van der Waals surface area contributed by atoms with Gasteiger partial charge in [-0.3, -0.25) is 9.59 Å². The van der Waals surface area contributed by atoms with Crippen LogP contribution in [0, 0.1) is 5.95 Å². The largest absolute Gasteiger partial charge is 0.481 e. The number of carboxylic acid groups (broad SMARTS) is 1. The number of carbonyl (C=O) groups excluding carboxylic acids is 1. The highest BCUT2D eigenvalue weighted by atomic mass is 19.1. The predicted molar refractivity (Wildman–Crippen MR) is 59.6 cm³/mol.